The first-order valence-electron chi connectivity index (χ1n) is 9.11. The lowest BCUT2D eigenvalue weighted by atomic mass is 10.0. The molecule has 0 radical (unpaired) electrons. The number of nitro groups is 1. The summed E-state index contributed by atoms with van der Waals surface area (Å²) in [6.45, 7) is 0. The molecule has 148 valence electrons. The Morgan fingerprint density at radius 3 is 2.40 bits per heavy atom. The zero-order valence-electron chi connectivity index (χ0n) is 15.7. The monoisotopic (exact) mass is 416 g/mol. The molecule has 1 N–H and O–H groups in total. The van der Waals surface area contributed by atoms with Crippen LogP contribution in [0.15, 0.2) is 78.9 Å². The van der Waals surface area contributed by atoms with E-state index in [2.05, 4.69) is 27.6 Å². The van der Waals surface area contributed by atoms with E-state index >= 15 is 0 Å². The van der Waals surface area contributed by atoms with E-state index in [-0.39, 0.29) is 11.6 Å². The van der Waals surface area contributed by atoms with Crippen LogP contribution in [0, 0.1) is 10.1 Å². The zero-order chi connectivity index (χ0) is 20.9. The number of nitrogens with zero attached hydrogens (tertiary/aromatic N) is 3. The van der Waals surface area contributed by atoms with Crippen LogP contribution in [0.1, 0.15) is 21.5 Å². The molecule has 0 fully saturated rings. The van der Waals surface area contributed by atoms with Gasteiger partial charge in [-0.2, -0.15) is 0 Å². The molecule has 0 aliphatic rings. The summed E-state index contributed by atoms with van der Waals surface area (Å²) in [5, 5.41) is 22.5. The van der Waals surface area contributed by atoms with Gasteiger partial charge in [0.25, 0.3) is 11.6 Å². The number of hydrogen-bond donors (Lipinski definition) is 1. The van der Waals surface area contributed by atoms with E-state index < -0.39 is 4.92 Å². The number of benzene rings is 3. The van der Waals surface area contributed by atoms with Crippen molar-refractivity contribution in [2.24, 2.45) is 0 Å². The highest BCUT2D eigenvalue weighted by Crippen LogP contribution is 2.29. The summed E-state index contributed by atoms with van der Waals surface area (Å²) < 4.78 is 0. The highest BCUT2D eigenvalue weighted by atomic mass is 32.1. The van der Waals surface area contributed by atoms with Crippen molar-refractivity contribution >= 4 is 28.1 Å². The van der Waals surface area contributed by atoms with E-state index in [0.717, 1.165) is 23.3 Å². The molecule has 0 saturated heterocycles. The summed E-state index contributed by atoms with van der Waals surface area (Å²) >= 11 is 1.16. The highest BCUT2D eigenvalue weighted by molar-refractivity contribution is 7.18. The Bertz CT molecular complexity index is 1190. The zero-order valence-corrected chi connectivity index (χ0v) is 16.5. The molecule has 0 unspecified atom stereocenters. The van der Waals surface area contributed by atoms with E-state index in [1.165, 1.54) is 17.7 Å². The van der Waals surface area contributed by atoms with Gasteiger partial charge >= 0.3 is 0 Å². The van der Waals surface area contributed by atoms with Gasteiger partial charge in [0.15, 0.2) is 0 Å². The standard InChI is InChI=1S/C22H16N4O3S/c27-20(17-11-9-16(10-12-17)13-15-5-2-1-3-6-15)23-22-25-24-21(30-22)18-7-4-8-19(14-18)26(28)29/h1-12,14H,13H2,(H,23,25,27). The predicted molar refractivity (Wildman–Crippen MR) is 116 cm³/mol. The predicted octanol–water partition coefficient (Wildman–Crippen LogP) is 4.96. The summed E-state index contributed by atoms with van der Waals surface area (Å²) in [5.74, 6) is -0.289. The van der Waals surface area contributed by atoms with Gasteiger partial charge < -0.3 is 0 Å². The molecule has 8 heteroatoms. The van der Waals surface area contributed by atoms with Crippen molar-refractivity contribution in [2.45, 2.75) is 6.42 Å². The lowest BCUT2D eigenvalue weighted by Gasteiger charge is -2.04. The lowest BCUT2D eigenvalue weighted by molar-refractivity contribution is -0.384. The first kappa shape index (κ1) is 19.4. The highest BCUT2D eigenvalue weighted by Gasteiger charge is 2.14. The minimum absolute atomic E-state index is 0.0242. The van der Waals surface area contributed by atoms with Gasteiger partial charge in [-0.15, -0.1) is 10.2 Å². The van der Waals surface area contributed by atoms with Crippen molar-refractivity contribution in [1.82, 2.24) is 10.2 Å². The van der Waals surface area contributed by atoms with Gasteiger partial charge in [0, 0.05) is 23.3 Å². The van der Waals surface area contributed by atoms with Gasteiger partial charge in [-0.05, 0) is 29.7 Å². The van der Waals surface area contributed by atoms with Crippen LogP contribution in [0.25, 0.3) is 10.6 Å². The number of amides is 1. The first-order valence-corrected chi connectivity index (χ1v) is 9.93. The number of aromatic nitrogens is 2. The van der Waals surface area contributed by atoms with Crippen molar-refractivity contribution in [3.8, 4) is 10.6 Å². The van der Waals surface area contributed by atoms with Gasteiger partial charge in [0.1, 0.15) is 5.01 Å². The third kappa shape index (κ3) is 4.56. The topological polar surface area (TPSA) is 98.0 Å². The molecule has 0 bridgehead atoms. The van der Waals surface area contributed by atoms with Crippen molar-refractivity contribution in [2.75, 3.05) is 5.32 Å². The summed E-state index contributed by atoms with van der Waals surface area (Å²) in [7, 11) is 0. The smallest absolute Gasteiger partial charge is 0.270 e. The van der Waals surface area contributed by atoms with Gasteiger partial charge in [0.05, 0.1) is 4.92 Å². The molecule has 1 heterocycles. The largest absolute Gasteiger partial charge is 0.296 e. The molecule has 3 aromatic carbocycles. The van der Waals surface area contributed by atoms with Crippen LogP contribution in [0.3, 0.4) is 0 Å². The second kappa shape index (κ2) is 8.62. The number of carbonyl (C=O) groups excluding carboxylic acids is 1. The Balaban J connectivity index is 1.43. The number of non-ortho nitro benzene ring substituents is 1. The fourth-order valence-electron chi connectivity index (χ4n) is 2.92. The van der Waals surface area contributed by atoms with Crippen molar-refractivity contribution in [1.29, 1.82) is 0 Å². The van der Waals surface area contributed by atoms with Crippen LogP contribution < -0.4 is 5.32 Å². The molecular formula is C22H16N4O3S. The summed E-state index contributed by atoms with van der Waals surface area (Å²) in [5.41, 5.74) is 3.38. The quantitative estimate of drug-likeness (QED) is 0.354. The molecule has 30 heavy (non-hydrogen) atoms. The first-order chi connectivity index (χ1) is 14.6. The van der Waals surface area contributed by atoms with Gasteiger partial charge in [-0.3, -0.25) is 20.2 Å². The van der Waals surface area contributed by atoms with Crippen molar-refractivity contribution in [3.63, 3.8) is 0 Å². The van der Waals surface area contributed by atoms with Crippen LogP contribution >= 0.6 is 11.3 Å². The SMILES string of the molecule is O=C(Nc1nnc(-c2cccc([N+](=O)[O-])c2)s1)c1ccc(Cc2ccccc2)cc1. The fraction of sp³-hybridized carbons (Fsp3) is 0.0455. The summed E-state index contributed by atoms with van der Waals surface area (Å²) in [6.07, 6.45) is 0.797. The van der Waals surface area contributed by atoms with Gasteiger partial charge in [0.2, 0.25) is 5.13 Å². The normalized spacial score (nSPS) is 10.5. The third-order valence-electron chi connectivity index (χ3n) is 4.42. The minimum atomic E-state index is -0.464. The molecular weight excluding hydrogens is 400 g/mol. The Kier molecular flexibility index (Phi) is 5.58. The molecule has 0 spiro atoms. The maximum absolute atomic E-state index is 12.5. The van der Waals surface area contributed by atoms with E-state index in [4.69, 9.17) is 0 Å². The number of nitro benzene ring substituents is 1. The molecule has 0 atom stereocenters. The Hall–Kier alpha value is -3.91. The molecule has 4 aromatic rings. The van der Waals surface area contributed by atoms with Crippen LogP contribution in [-0.4, -0.2) is 21.0 Å². The summed E-state index contributed by atoms with van der Waals surface area (Å²) in [6, 6.07) is 23.7. The Morgan fingerprint density at radius 1 is 0.933 bits per heavy atom. The molecule has 1 aromatic heterocycles. The Morgan fingerprint density at radius 2 is 1.67 bits per heavy atom. The average Bonchev–Trinajstić information content (AvgIpc) is 3.23. The molecule has 0 aliphatic carbocycles. The average molecular weight is 416 g/mol. The maximum Gasteiger partial charge on any atom is 0.270 e. The molecule has 0 aliphatic heterocycles. The minimum Gasteiger partial charge on any atom is -0.296 e. The number of hydrogen-bond acceptors (Lipinski definition) is 6. The molecule has 1 amide bonds. The van der Waals surface area contributed by atoms with Crippen molar-refractivity contribution in [3.05, 3.63) is 106 Å². The number of carbonyl (C=O) groups is 1. The maximum atomic E-state index is 12.5. The molecule has 7 nitrogen and oxygen atoms in total. The van der Waals surface area contributed by atoms with Crippen molar-refractivity contribution < 1.29 is 9.72 Å². The van der Waals surface area contributed by atoms with E-state index in [9.17, 15) is 14.9 Å². The second-order valence-electron chi connectivity index (χ2n) is 6.53. The van der Waals surface area contributed by atoms with Gasteiger partial charge in [-0.25, -0.2) is 0 Å². The summed E-state index contributed by atoms with van der Waals surface area (Å²) in [4.78, 5) is 23.0. The third-order valence-corrected chi connectivity index (χ3v) is 5.30. The number of rotatable bonds is 6. The second-order valence-corrected chi connectivity index (χ2v) is 7.51. The van der Waals surface area contributed by atoms with Crippen LogP contribution in [-0.2, 0) is 6.42 Å². The lowest BCUT2D eigenvalue weighted by Crippen LogP contribution is -2.11. The van der Waals surface area contributed by atoms with E-state index in [0.29, 0.717) is 21.3 Å². The van der Waals surface area contributed by atoms with E-state index in [1.807, 2.05) is 30.3 Å². The van der Waals surface area contributed by atoms with Crippen LogP contribution in [0.5, 0.6) is 0 Å². The number of nitrogens with one attached hydrogen (secondary N) is 1. The van der Waals surface area contributed by atoms with Crippen LogP contribution in [0.4, 0.5) is 10.8 Å². The van der Waals surface area contributed by atoms with Crippen LogP contribution in [0.2, 0.25) is 0 Å². The fourth-order valence-corrected chi connectivity index (χ4v) is 3.65. The number of anilines is 1. The van der Waals surface area contributed by atoms with E-state index in [1.54, 1.807) is 24.3 Å². The van der Waals surface area contributed by atoms with Gasteiger partial charge in [-0.1, -0.05) is 65.9 Å². The molecule has 0 saturated carbocycles. The molecule has 4 rings (SSSR count). The Labute approximate surface area is 176 Å².